The summed E-state index contributed by atoms with van der Waals surface area (Å²) in [6, 6.07) is 42.6. The molecule has 2 heterocycles. The highest BCUT2D eigenvalue weighted by Gasteiger charge is 2.53. The molecule has 2 unspecified atom stereocenters. The van der Waals surface area contributed by atoms with Crippen molar-refractivity contribution in [2.75, 3.05) is 13.2 Å². The van der Waals surface area contributed by atoms with Crippen molar-refractivity contribution in [1.82, 2.24) is 0 Å². The van der Waals surface area contributed by atoms with Gasteiger partial charge in [-0.25, -0.2) is 0 Å². The van der Waals surface area contributed by atoms with Gasteiger partial charge in [0.25, 0.3) is 16.6 Å². The van der Waals surface area contributed by atoms with Crippen molar-refractivity contribution >= 4 is 54.0 Å². The lowest BCUT2D eigenvalue weighted by Crippen LogP contribution is -2.66. The molecule has 0 saturated carbocycles. The maximum absolute atomic E-state index is 11.3. The van der Waals surface area contributed by atoms with Crippen LogP contribution in [0.2, 0.25) is 46.3 Å². The van der Waals surface area contributed by atoms with E-state index in [0.717, 1.165) is 0 Å². The van der Waals surface area contributed by atoms with Crippen molar-refractivity contribution < 1.29 is 46.9 Å². The largest absolute Gasteiger partial charge is 0.414 e. The van der Waals surface area contributed by atoms with Crippen LogP contribution in [0.15, 0.2) is 133 Å². The lowest BCUT2D eigenvalue weighted by atomic mass is 10.0. The van der Waals surface area contributed by atoms with Crippen LogP contribution in [0.5, 0.6) is 0 Å². The van der Waals surface area contributed by atoms with E-state index >= 15 is 0 Å². The Morgan fingerprint density at radius 3 is 1.13 bits per heavy atom. The Morgan fingerprint density at radius 2 is 0.791 bits per heavy atom. The van der Waals surface area contributed by atoms with Gasteiger partial charge in [-0.2, -0.15) is 0 Å². The van der Waals surface area contributed by atoms with E-state index < -0.39 is 69.3 Å². The molecular weight excluding hydrogens is 1140 g/mol. The van der Waals surface area contributed by atoms with Crippen LogP contribution < -0.4 is 20.7 Å². The summed E-state index contributed by atoms with van der Waals surface area (Å²) in [6.07, 6.45) is 1.63. The minimum Gasteiger partial charge on any atom is -0.414 e. The van der Waals surface area contributed by atoms with Gasteiger partial charge >= 0.3 is 0 Å². The fraction of sp³-hybridized carbons (Fsp3) is 0.611. The maximum Gasteiger partial charge on any atom is 0.261 e. The van der Waals surface area contributed by atoms with Crippen molar-refractivity contribution in [3.05, 3.63) is 133 Å². The molecule has 2 saturated heterocycles. The zero-order chi connectivity index (χ0) is 64.5. The van der Waals surface area contributed by atoms with Gasteiger partial charge in [-0.1, -0.05) is 235 Å². The van der Waals surface area contributed by atoms with Gasteiger partial charge in [0.05, 0.1) is 18.3 Å². The van der Waals surface area contributed by atoms with E-state index in [2.05, 4.69) is 276 Å². The van der Waals surface area contributed by atoms with Crippen LogP contribution in [-0.2, 0) is 36.7 Å². The molecular formula is C72H114O10Si4. The number of ether oxygens (including phenoxy) is 4. The first-order valence-electron chi connectivity index (χ1n) is 31.7. The molecule has 0 spiro atoms. The molecule has 0 amide bonds. The number of benzene rings is 4. The molecule has 2 aliphatic rings. The predicted octanol–water partition coefficient (Wildman–Crippen LogP) is 14.3. The van der Waals surface area contributed by atoms with Crippen LogP contribution in [0.4, 0.5) is 0 Å². The van der Waals surface area contributed by atoms with E-state index in [1.807, 2.05) is 33.8 Å². The normalized spacial score (nSPS) is 21.8. The summed E-state index contributed by atoms with van der Waals surface area (Å²) in [5.74, 6) is 4.86. The summed E-state index contributed by atoms with van der Waals surface area (Å²) in [4.78, 5) is 0. The minimum absolute atomic E-state index is 0.0314. The summed E-state index contributed by atoms with van der Waals surface area (Å²) in [5.41, 5.74) is 0. The molecule has 0 aliphatic carbocycles. The van der Waals surface area contributed by atoms with E-state index in [9.17, 15) is 10.2 Å². The van der Waals surface area contributed by atoms with Crippen LogP contribution in [0, 0.1) is 23.7 Å². The van der Waals surface area contributed by atoms with Gasteiger partial charge < -0.3 is 46.9 Å². The SMILES string of the molecule is C[C@H](/C=C\C(O)[C@H]1OC(C)(C)O[C@H]1CCO[Si](c1ccccc1)(c1ccccc1)C(C)(C)C)[C@H](C)O[Si](C)(C)C(C)(C)C.C[C@H](C#CC(O)[C@H]1OC(C)(C)O[C@H]1CCO[Si](c1ccccc1)(c1ccccc1)C(C)(C)C)[C@H](C)O[Si](C)(C)C(C)(C)C. The Morgan fingerprint density at radius 1 is 0.465 bits per heavy atom. The summed E-state index contributed by atoms with van der Waals surface area (Å²) in [5, 5.41) is 27.6. The third kappa shape index (κ3) is 18.4. The molecule has 0 radical (unpaired) electrons. The van der Waals surface area contributed by atoms with Crippen LogP contribution in [0.1, 0.15) is 151 Å². The lowest BCUT2D eigenvalue weighted by Gasteiger charge is -2.43. The zero-order valence-corrected chi connectivity index (χ0v) is 61.5. The van der Waals surface area contributed by atoms with Crippen LogP contribution in [0.3, 0.4) is 0 Å². The predicted molar refractivity (Wildman–Crippen MR) is 367 cm³/mol. The first-order valence-corrected chi connectivity index (χ1v) is 41.4. The number of aliphatic hydroxyl groups excluding tert-OH is 2. The highest BCUT2D eigenvalue weighted by Crippen LogP contribution is 2.42. The fourth-order valence-corrected chi connectivity index (χ4v) is 23.5. The van der Waals surface area contributed by atoms with Crippen LogP contribution >= 0.6 is 0 Å². The molecule has 4 aromatic rings. The third-order valence-corrected chi connectivity index (χ3v) is 37.7. The first kappa shape index (κ1) is 73.4. The number of rotatable bonds is 22. The van der Waals surface area contributed by atoms with Gasteiger partial charge in [0, 0.05) is 25.2 Å². The third-order valence-electron chi connectivity index (χ3n) is 18.5. The van der Waals surface area contributed by atoms with E-state index in [1.165, 1.54) is 20.7 Å². The average Bonchev–Trinajstić information content (AvgIpc) is 1.25. The molecule has 14 heteroatoms. The summed E-state index contributed by atoms with van der Waals surface area (Å²) in [6.45, 7) is 53.2. The second-order valence-corrected chi connectivity index (χ2v) is 48.4. The monoisotopic (exact) mass is 1250 g/mol. The summed E-state index contributed by atoms with van der Waals surface area (Å²) in [7, 11) is -9.15. The number of hydrogen-bond acceptors (Lipinski definition) is 10. The first-order chi connectivity index (χ1) is 39.6. The zero-order valence-electron chi connectivity index (χ0n) is 57.5. The Labute approximate surface area is 526 Å². The summed E-state index contributed by atoms with van der Waals surface area (Å²) < 4.78 is 52.5. The van der Waals surface area contributed by atoms with Crippen molar-refractivity contribution in [1.29, 1.82) is 0 Å². The van der Waals surface area contributed by atoms with Crippen molar-refractivity contribution in [2.24, 2.45) is 11.8 Å². The lowest BCUT2D eigenvalue weighted by molar-refractivity contribution is -0.153. The van der Waals surface area contributed by atoms with E-state index in [4.69, 9.17) is 36.7 Å². The molecule has 2 aliphatic heterocycles. The average molecular weight is 1250 g/mol. The molecule has 10 atom stereocenters. The molecule has 478 valence electrons. The van der Waals surface area contributed by atoms with Gasteiger partial charge in [-0.3, -0.25) is 0 Å². The van der Waals surface area contributed by atoms with Gasteiger partial charge in [0.1, 0.15) is 24.4 Å². The molecule has 0 bridgehead atoms. The highest BCUT2D eigenvalue weighted by atomic mass is 28.4. The van der Waals surface area contributed by atoms with Gasteiger partial charge in [0.2, 0.25) is 0 Å². The Bertz CT molecular complexity index is 2690. The second kappa shape index (κ2) is 29.3. The molecule has 0 aromatic heterocycles. The quantitative estimate of drug-likeness (QED) is 0.0448. The molecule has 4 aromatic carbocycles. The van der Waals surface area contributed by atoms with Crippen LogP contribution in [-0.4, -0.2) is 117 Å². The van der Waals surface area contributed by atoms with Gasteiger partial charge in [-0.05, 0) is 134 Å². The number of hydrogen-bond donors (Lipinski definition) is 2. The standard InChI is InChI=1S/C36H58O5Si2.C36H56O5Si2/c2*1-27(28(2)41-42(11,12)34(3,4)5)23-24-31(37)33-32(39-36(9,10)40-33)25-26-38-43(35(6,7)8,29-19-15-13-16-20-29)30-21-17-14-18-22-30/h13-24,27-28,31-33,37H,25-26H2,1-12H3;13-22,27-28,31-33,37H,25-26H2,1-12H3/b24-23-;/t2*27-,28+,31?,32+,33-/m11/s1. The van der Waals surface area contributed by atoms with E-state index in [1.54, 1.807) is 0 Å². The molecule has 10 nitrogen and oxygen atoms in total. The molecule has 2 fully saturated rings. The fourth-order valence-electron chi connectivity index (χ4n) is 11.4. The Kier molecular flexibility index (Phi) is 25.0. The Balaban J connectivity index is 0.000000314. The Hall–Kier alpha value is -3.35. The molecule has 6 rings (SSSR count). The summed E-state index contributed by atoms with van der Waals surface area (Å²) >= 11 is 0. The van der Waals surface area contributed by atoms with Crippen molar-refractivity contribution in [2.45, 2.75) is 258 Å². The minimum atomic E-state index is -2.68. The maximum atomic E-state index is 11.3. The smallest absolute Gasteiger partial charge is 0.261 e. The van der Waals surface area contributed by atoms with Crippen molar-refractivity contribution in [3.8, 4) is 11.8 Å². The van der Waals surface area contributed by atoms with E-state index in [0.29, 0.717) is 26.1 Å². The van der Waals surface area contributed by atoms with Gasteiger partial charge in [-0.15, -0.1) is 0 Å². The van der Waals surface area contributed by atoms with Crippen molar-refractivity contribution in [3.63, 3.8) is 0 Å². The second-order valence-electron chi connectivity index (χ2n) is 30.3. The topological polar surface area (TPSA) is 114 Å². The molecule has 2 N–H and O–H groups in total. The number of aliphatic hydroxyl groups is 2. The van der Waals surface area contributed by atoms with E-state index in [-0.39, 0.29) is 56.4 Å². The highest BCUT2D eigenvalue weighted by molar-refractivity contribution is 7.00. The van der Waals surface area contributed by atoms with Gasteiger partial charge in [0.15, 0.2) is 28.2 Å². The van der Waals surface area contributed by atoms with Crippen LogP contribution in [0.25, 0.3) is 0 Å². The molecule has 86 heavy (non-hydrogen) atoms.